The predicted octanol–water partition coefficient (Wildman–Crippen LogP) is 2.45. The molecule has 2 aromatic rings. The van der Waals surface area contributed by atoms with E-state index in [9.17, 15) is 9.90 Å². The maximum atomic E-state index is 11.9. The Kier molecular flexibility index (Phi) is 5.50. The SMILES string of the molecule is CC(C)(C)CC(O)CC(=O)Nc1ccn(Cc2ccncc2)n1. The van der Waals surface area contributed by atoms with Gasteiger partial charge in [-0.2, -0.15) is 5.10 Å². The number of hydrogen-bond donors (Lipinski definition) is 2. The van der Waals surface area contributed by atoms with E-state index in [1.165, 1.54) is 0 Å². The third-order valence-corrected chi connectivity index (χ3v) is 3.27. The Bertz CT molecular complexity index is 632. The van der Waals surface area contributed by atoms with Crippen LogP contribution in [0.2, 0.25) is 0 Å². The van der Waals surface area contributed by atoms with Gasteiger partial charge in [-0.05, 0) is 29.5 Å². The van der Waals surface area contributed by atoms with Gasteiger partial charge < -0.3 is 10.4 Å². The zero-order valence-corrected chi connectivity index (χ0v) is 13.9. The quantitative estimate of drug-likeness (QED) is 0.858. The number of rotatable bonds is 6. The molecule has 0 aromatic carbocycles. The van der Waals surface area contributed by atoms with E-state index >= 15 is 0 Å². The molecule has 0 bridgehead atoms. The number of hydrogen-bond acceptors (Lipinski definition) is 4. The average Bonchev–Trinajstić information content (AvgIpc) is 2.84. The van der Waals surface area contributed by atoms with Gasteiger partial charge in [0.2, 0.25) is 5.91 Å². The van der Waals surface area contributed by atoms with Gasteiger partial charge in [-0.25, -0.2) is 0 Å². The summed E-state index contributed by atoms with van der Waals surface area (Å²) in [6.07, 6.45) is 5.29. The van der Waals surface area contributed by atoms with Gasteiger partial charge in [0.25, 0.3) is 0 Å². The number of nitrogens with zero attached hydrogens (tertiary/aromatic N) is 3. The molecular weight excluding hydrogens is 292 g/mol. The molecule has 6 heteroatoms. The molecule has 1 amide bonds. The Morgan fingerprint density at radius 2 is 2.00 bits per heavy atom. The molecule has 1 unspecified atom stereocenters. The van der Waals surface area contributed by atoms with Gasteiger partial charge in [-0.1, -0.05) is 20.8 Å². The summed E-state index contributed by atoms with van der Waals surface area (Å²) in [4.78, 5) is 15.9. The van der Waals surface area contributed by atoms with Crippen LogP contribution in [0, 0.1) is 5.41 Å². The van der Waals surface area contributed by atoms with Crippen molar-refractivity contribution in [2.24, 2.45) is 5.41 Å². The number of carbonyl (C=O) groups is 1. The number of nitrogens with one attached hydrogen (secondary N) is 1. The highest BCUT2D eigenvalue weighted by atomic mass is 16.3. The number of anilines is 1. The standard InChI is InChI=1S/C17H24N4O2/c1-17(2,3)11-14(22)10-16(23)19-15-6-9-21(20-15)12-13-4-7-18-8-5-13/h4-9,14,22H,10-12H2,1-3H3,(H,19,20,23). The van der Waals surface area contributed by atoms with Gasteiger partial charge in [0.15, 0.2) is 5.82 Å². The zero-order chi connectivity index (χ0) is 16.9. The van der Waals surface area contributed by atoms with Crippen LogP contribution in [0.4, 0.5) is 5.82 Å². The number of aromatic nitrogens is 3. The van der Waals surface area contributed by atoms with Gasteiger partial charge in [0, 0.05) is 24.7 Å². The molecule has 124 valence electrons. The minimum atomic E-state index is -0.645. The lowest BCUT2D eigenvalue weighted by Gasteiger charge is -2.21. The van der Waals surface area contributed by atoms with Crippen LogP contribution in [0.25, 0.3) is 0 Å². The fourth-order valence-corrected chi connectivity index (χ4v) is 2.38. The fraction of sp³-hybridized carbons (Fsp3) is 0.471. The van der Waals surface area contributed by atoms with Crippen LogP contribution in [0.1, 0.15) is 39.2 Å². The highest BCUT2D eigenvalue weighted by Crippen LogP contribution is 2.22. The van der Waals surface area contributed by atoms with E-state index in [1.807, 2.05) is 39.1 Å². The Balaban J connectivity index is 1.85. The van der Waals surface area contributed by atoms with Crippen molar-refractivity contribution in [2.75, 3.05) is 5.32 Å². The van der Waals surface area contributed by atoms with Crippen LogP contribution in [-0.2, 0) is 11.3 Å². The van der Waals surface area contributed by atoms with Gasteiger partial charge >= 0.3 is 0 Å². The summed E-state index contributed by atoms with van der Waals surface area (Å²) in [5, 5.41) is 17.0. The summed E-state index contributed by atoms with van der Waals surface area (Å²) >= 11 is 0. The van der Waals surface area contributed by atoms with Crippen molar-refractivity contribution in [3.63, 3.8) is 0 Å². The number of amides is 1. The van der Waals surface area contributed by atoms with Crippen molar-refractivity contribution in [3.05, 3.63) is 42.4 Å². The third kappa shape index (κ3) is 6.20. The molecule has 0 radical (unpaired) electrons. The largest absolute Gasteiger partial charge is 0.393 e. The second kappa shape index (κ2) is 7.37. The molecule has 0 saturated carbocycles. The highest BCUT2D eigenvalue weighted by Gasteiger charge is 2.19. The van der Waals surface area contributed by atoms with E-state index < -0.39 is 6.10 Å². The molecule has 0 aliphatic carbocycles. The number of pyridine rings is 1. The summed E-state index contributed by atoms with van der Waals surface area (Å²) in [5.74, 6) is 0.267. The van der Waals surface area contributed by atoms with Crippen molar-refractivity contribution in [2.45, 2.75) is 46.3 Å². The molecule has 0 fully saturated rings. The van der Waals surface area contributed by atoms with E-state index in [0.29, 0.717) is 18.8 Å². The van der Waals surface area contributed by atoms with Crippen molar-refractivity contribution in [1.82, 2.24) is 14.8 Å². The highest BCUT2D eigenvalue weighted by molar-refractivity contribution is 5.89. The molecule has 2 N–H and O–H groups in total. The van der Waals surface area contributed by atoms with Crippen LogP contribution in [0.15, 0.2) is 36.8 Å². The minimum absolute atomic E-state index is 0.00812. The summed E-state index contributed by atoms with van der Waals surface area (Å²) < 4.78 is 1.75. The predicted molar refractivity (Wildman–Crippen MR) is 88.9 cm³/mol. The second-order valence-electron chi connectivity index (χ2n) is 6.92. The van der Waals surface area contributed by atoms with Crippen molar-refractivity contribution < 1.29 is 9.90 Å². The van der Waals surface area contributed by atoms with Crippen LogP contribution >= 0.6 is 0 Å². The molecule has 23 heavy (non-hydrogen) atoms. The van der Waals surface area contributed by atoms with E-state index in [-0.39, 0.29) is 17.7 Å². The van der Waals surface area contributed by atoms with Crippen LogP contribution in [0.5, 0.6) is 0 Å². The third-order valence-electron chi connectivity index (χ3n) is 3.27. The Morgan fingerprint density at radius 1 is 1.30 bits per heavy atom. The summed E-state index contributed by atoms with van der Waals surface area (Å²) in [6.45, 7) is 6.73. The molecular formula is C17H24N4O2. The molecule has 0 saturated heterocycles. The van der Waals surface area contributed by atoms with Crippen LogP contribution in [-0.4, -0.2) is 31.9 Å². The topological polar surface area (TPSA) is 80.0 Å². The summed E-state index contributed by atoms with van der Waals surface area (Å²) in [5.41, 5.74) is 1.08. The molecule has 2 aromatic heterocycles. The van der Waals surface area contributed by atoms with Crippen LogP contribution in [0.3, 0.4) is 0 Å². The monoisotopic (exact) mass is 316 g/mol. The molecule has 1 atom stereocenters. The Labute approximate surface area is 136 Å². The molecule has 0 spiro atoms. The van der Waals surface area contributed by atoms with Gasteiger partial charge in [0.05, 0.1) is 19.1 Å². The molecule has 2 rings (SSSR count). The van der Waals surface area contributed by atoms with E-state index in [2.05, 4.69) is 15.4 Å². The summed E-state index contributed by atoms with van der Waals surface area (Å²) in [7, 11) is 0. The lowest BCUT2D eigenvalue weighted by atomic mass is 9.88. The van der Waals surface area contributed by atoms with Crippen molar-refractivity contribution in [1.29, 1.82) is 0 Å². The summed E-state index contributed by atoms with van der Waals surface area (Å²) in [6, 6.07) is 5.58. The zero-order valence-electron chi connectivity index (χ0n) is 13.9. The second-order valence-corrected chi connectivity index (χ2v) is 6.92. The number of aliphatic hydroxyl groups excluding tert-OH is 1. The van der Waals surface area contributed by atoms with E-state index in [4.69, 9.17) is 0 Å². The Morgan fingerprint density at radius 3 is 2.65 bits per heavy atom. The maximum absolute atomic E-state index is 11.9. The maximum Gasteiger partial charge on any atom is 0.228 e. The average molecular weight is 316 g/mol. The lowest BCUT2D eigenvalue weighted by molar-refractivity contribution is -0.118. The molecule has 2 heterocycles. The van der Waals surface area contributed by atoms with E-state index in [1.54, 1.807) is 23.1 Å². The molecule has 0 aliphatic heterocycles. The van der Waals surface area contributed by atoms with Gasteiger partial charge in [0.1, 0.15) is 0 Å². The normalized spacial score (nSPS) is 12.9. The lowest BCUT2D eigenvalue weighted by Crippen LogP contribution is -2.24. The smallest absolute Gasteiger partial charge is 0.228 e. The fourth-order valence-electron chi connectivity index (χ4n) is 2.38. The minimum Gasteiger partial charge on any atom is -0.393 e. The van der Waals surface area contributed by atoms with Crippen molar-refractivity contribution in [3.8, 4) is 0 Å². The number of aliphatic hydroxyl groups is 1. The Hall–Kier alpha value is -2.21. The van der Waals surface area contributed by atoms with Crippen molar-refractivity contribution >= 4 is 11.7 Å². The first-order valence-corrected chi connectivity index (χ1v) is 7.72. The first-order chi connectivity index (χ1) is 10.8. The van der Waals surface area contributed by atoms with E-state index in [0.717, 1.165) is 5.56 Å². The molecule has 0 aliphatic rings. The first-order valence-electron chi connectivity index (χ1n) is 7.72. The number of carbonyl (C=O) groups excluding carboxylic acids is 1. The van der Waals surface area contributed by atoms with Gasteiger partial charge in [-0.15, -0.1) is 0 Å². The van der Waals surface area contributed by atoms with Crippen LogP contribution < -0.4 is 5.32 Å². The first kappa shape index (κ1) is 17.1. The van der Waals surface area contributed by atoms with Gasteiger partial charge in [-0.3, -0.25) is 14.5 Å². The molecule has 6 nitrogen and oxygen atoms in total.